The van der Waals surface area contributed by atoms with Crippen molar-refractivity contribution in [3.05, 3.63) is 82.6 Å². The van der Waals surface area contributed by atoms with Crippen LogP contribution in [0.4, 0.5) is 20.2 Å². The zero-order valence-corrected chi connectivity index (χ0v) is 19.4. The lowest BCUT2D eigenvalue weighted by Crippen LogP contribution is -2.52. The van der Waals surface area contributed by atoms with E-state index in [0.29, 0.717) is 10.8 Å². The lowest BCUT2D eigenvalue weighted by atomic mass is 10.0. The van der Waals surface area contributed by atoms with E-state index in [4.69, 9.17) is 12.2 Å². The second-order valence-corrected chi connectivity index (χ2v) is 9.24. The number of hydrogen-bond acceptors (Lipinski definition) is 4. The predicted molar refractivity (Wildman–Crippen MR) is 132 cm³/mol. The van der Waals surface area contributed by atoms with Gasteiger partial charge in [0.1, 0.15) is 11.6 Å². The van der Waals surface area contributed by atoms with Gasteiger partial charge in [0.15, 0.2) is 5.11 Å². The summed E-state index contributed by atoms with van der Waals surface area (Å²) in [5.74, 6) is -0.519. The molecule has 2 heterocycles. The van der Waals surface area contributed by atoms with Gasteiger partial charge in [-0.3, -0.25) is 4.90 Å². The van der Waals surface area contributed by atoms with Crippen LogP contribution in [0.25, 0.3) is 0 Å². The van der Waals surface area contributed by atoms with E-state index >= 15 is 0 Å². The van der Waals surface area contributed by atoms with Gasteiger partial charge in [0.2, 0.25) is 0 Å². The summed E-state index contributed by atoms with van der Waals surface area (Å²) >= 11 is 7.23. The molecule has 0 spiro atoms. The molecule has 2 N–H and O–H groups in total. The number of thiocarbonyl (C=S) groups is 1. The number of rotatable bonds is 6. The second kappa shape index (κ2) is 10.4. The van der Waals surface area contributed by atoms with Gasteiger partial charge in [0.05, 0.1) is 6.04 Å². The molecule has 2 atom stereocenters. The molecule has 0 unspecified atom stereocenters. The van der Waals surface area contributed by atoms with E-state index in [1.54, 1.807) is 23.5 Å². The van der Waals surface area contributed by atoms with E-state index in [2.05, 4.69) is 44.9 Å². The Hall–Kier alpha value is -2.55. The third-order valence-corrected chi connectivity index (χ3v) is 6.81. The molecule has 8 heteroatoms. The molecule has 0 amide bonds. The van der Waals surface area contributed by atoms with Crippen molar-refractivity contribution in [1.82, 2.24) is 10.2 Å². The quantitative estimate of drug-likeness (QED) is 0.478. The summed E-state index contributed by atoms with van der Waals surface area (Å²) in [4.78, 5) is 6.03. The Labute approximate surface area is 196 Å². The monoisotopic (exact) mass is 472 g/mol. The number of piperazine rings is 1. The summed E-state index contributed by atoms with van der Waals surface area (Å²) in [5.41, 5.74) is 1.67. The Morgan fingerprint density at radius 2 is 1.72 bits per heavy atom. The Balaban J connectivity index is 1.41. The summed E-state index contributed by atoms with van der Waals surface area (Å²) < 4.78 is 26.7. The van der Waals surface area contributed by atoms with E-state index in [-0.39, 0.29) is 23.7 Å². The van der Waals surface area contributed by atoms with Crippen LogP contribution >= 0.6 is 23.6 Å². The molecule has 3 aromatic rings. The highest BCUT2D eigenvalue weighted by molar-refractivity contribution is 7.80. The van der Waals surface area contributed by atoms with E-state index in [1.807, 2.05) is 12.1 Å². The Morgan fingerprint density at radius 3 is 2.38 bits per heavy atom. The SMILES string of the molecule is C[C@@H](NC(=S)Nc1cccc(F)c1)[C@H](c1cccs1)N1CCN(c2ccc(F)cc2)CC1. The molecule has 0 bridgehead atoms. The summed E-state index contributed by atoms with van der Waals surface area (Å²) in [6.07, 6.45) is 0. The van der Waals surface area contributed by atoms with Crippen LogP contribution in [0.5, 0.6) is 0 Å². The number of benzene rings is 2. The van der Waals surface area contributed by atoms with Crippen LogP contribution in [0.1, 0.15) is 17.8 Å². The molecule has 1 aliphatic heterocycles. The van der Waals surface area contributed by atoms with Gasteiger partial charge in [-0.25, -0.2) is 8.78 Å². The van der Waals surface area contributed by atoms with Crippen LogP contribution < -0.4 is 15.5 Å². The first-order valence-corrected chi connectivity index (χ1v) is 11.9. The third-order valence-electron chi connectivity index (χ3n) is 5.65. The summed E-state index contributed by atoms with van der Waals surface area (Å²) in [6.45, 7) is 5.63. The average Bonchev–Trinajstić information content (AvgIpc) is 3.29. The highest BCUT2D eigenvalue weighted by atomic mass is 32.1. The van der Waals surface area contributed by atoms with E-state index in [9.17, 15) is 8.78 Å². The summed E-state index contributed by atoms with van der Waals surface area (Å²) in [5, 5.41) is 9.02. The maximum atomic E-state index is 13.5. The minimum Gasteiger partial charge on any atom is -0.369 e. The minimum absolute atomic E-state index is 0.0413. The maximum absolute atomic E-state index is 13.5. The fraction of sp³-hybridized carbons (Fsp3) is 0.292. The van der Waals surface area contributed by atoms with Crippen molar-refractivity contribution in [3.8, 4) is 0 Å². The Kier molecular flexibility index (Phi) is 7.34. The maximum Gasteiger partial charge on any atom is 0.171 e. The largest absolute Gasteiger partial charge is 0.369 e. The zero-order valence-electron chi connectivity index (χ0n) is 17.8. The normalized spacial score (nSPS) is 16.4. The van der Waals surface area contributed by atoms with Crippen molar-refractivity contribution < 1.29 is 8.78 Å². The average molecular weight is 473 g/mol. The Morgan fingerprint density at radius 1 is 0.969 bits per heavy atom. The number of halogens is 2. The Bertz CT molecular complexity index is 1020. The van der Waals surface area contributed by atoms with E-state index < -0.39 is 0 Å². The zero-order chi connectivity index (χ0) is 22.5. The molecule has 0 saturated carbocycles. The van der Waals surface area contributed by atoms with Gasteiger partial charge in [0.25, 0.3) is 0 Å². The molecule has 1 aromatic heterocycles. The van der Waals surface area contributed by atoms with Crippen molar-refractivity contribution in [2.75, 3.05) is 36.4 Å². The van der Waals surface area contributed by atoms with Crippen molar-refractivity contribution in [2.45, 2.75) is 19.0 Å². The molecule has 4 rings (SSSR count). The van der Waals surface area contributed by atoms with Crippen LogP contribution in [-0.4, -0.2) is 42.2 Å². The highest BCUT2D eigenvalue weighted by Crippen LogP contribution is 2.30. The van der Waals surface area contributed by atoms with Crippen LogP contribution in [0, 0.1) is 11.6 Å². The molecule has 0 aliphatic carbocycles. The van der Waals surface area contributed by atoms with Gasteiger partial charge in [-0.05, 0) is 73.1 Å². The second-order valence-electron chi connectivity index (χ2n) is 7.86. The molecule has 1 saturated heterocycles. The predicted octanol–water partition coefficient (Wildman–Crippen LogP) is 5.26. The fourth-order valence-corrected chi connectivity index (χ4v) is 5.40. The fourth-order valence-electron chi connectivity index (χ4n) is 4.13. The van der Waals surface area contributed by atoms with Gasteiger partial charge < -0.3 is 15.5 Å². The van der Waals surface area contributed by atoms with Crippen molar-refractivity contribution in [1.29, 1.82) is 0 Å². The number of nitrogens with one attached hydrogen (secondary N) is 2. The molecule has 4 nitrogen and oxygen atoms in total. The molecule has 2 aromatic carbocycles. The van der Waals surface area contributed by atoms with Gasteiger partial charge >= 0.3 is 0 Å². The van der Waals surface area contributed by atoms with Crippen molar-refractivity contribution in [3.63, 3.8) is 0 Å². The van der Waals surface area contributed by atoms with Crippen LogP contribution in [0.15, 0.2) is 66.0 Å². The smallest absolute Gasteiger partial charge is 0.171 e. The molecular weight excluding hydrogens is 446 g/mol. The van der Waals surface area contributed by atoms with E-state index in [0.717, 1.165) is 31.9 Å². The lowest BCUT2D eigenvalue weighted by molar-refractivity contribution is 0.163. The van der Waals surface area contributed by atoms with Crippen LogP contribution in [0.2, 0.25) is 0 Å². The number of thiophene rings is 1. The first-order valence-electron chi connectivity index (χ1n) is 10.6. The highest BCUT2D eigenvalue weighted by Gasteiger charge is 2.30. The summed E-state index contributed by atoms with van der Waals surface area (Å²) in [6, 6.07) is 17.4. The van der Waals surface area contributed by atoms with Gasteiger partial charge in [-0.2, -0.15) is 0 Å². The minimum atomic E-state index is -0.304. The first kappa shape index (κ1) is 22.6. The van der Waals surface area contributed by atoms with Gasteiger partial charge in [0, 0.05) is 48.5 Å². The summed E-state index contributed by atoms with van der Waals surface area (Å²) in [7, 11) is 0. The van der Waals surface area contributed by atoms with E-state index in [1.165, 1.54) is 29.1 Å². The van der Waals surface area contributed by atoms with Gasteiger partial charge in [-0.1, -0.05) is 12.1 Å². The number of hydrogen-bond donors (Lipinski definition) is 2. The molecule has 1 fully saturated rings. The van der Waals surface area contributed by atoms with Crippen LogP contribution in [-0.2, 0) is 0 Å². The first-order chi connectivity index (χ1) is 15.5. The standard InChI is InChI=1S/C24H26F2N4S2/c1-17(27-24(31)28-20-5-2-4-19(26)16-20)23(22-6-3-15-32-22)30-13-11-29(12-14-30)21-9-7-18(25)8-10-21/h2-10,15-17,23H,11-14H2,1H3,(H2,27,28,31)/t17-,23-/m1/s1. The third kappa shape index (κ3) is 5.62. The molecule has 0 radical (unpaired) electrons. The van der Waals surface area contributed by atoms with Crippen molar-refractivity contribution in [2.24, 2.45) is 0 Å². The lowest BCUT2D eigenvalue weighted by Gasteiger charge is -2.42. The van der Waals surface area contributed by atoms with Crippen LogP contribution in [0.3, 0.4) is 0 Å². The molecular formula is C24H26F2N4S2. The molecule has 1 aliphatic rings. The molecule has 32 heavy (non-hydrogen) atoms. The van der Waals surface area contributed by atoms with Crippen molar-refractivity contribution >= 4 is 40.0 Å². The van der Waals surface area contributed by atoms with Gasteiger partial charge in [-0.15, -0.1) is 11.3 Å². The topological polar surface area (TPSA) is 30.5 Å². The number of anilines is 2. The molecule has 168 valence electrons. The number of nitrogens with zero attached hydrogens (tertiary/aromatic N) is 2.